The Kier molecular flexibility index (Phi) is 4.54. The summed E-state index contributed by atoms with van der Waals surface area (Å²) in [5, 5.41) is 11.6. The molecule has 0 aliphatic heterocycles. The largest absolute Gasteiger partial charge is 0.322 e. The third-order valence-electron chi connectivity index (χ3n) is 2.91. The van der Waals surface area contributed by atoms with Gasteiger partial charge in [-0.1, -0.05) is 34.1 Å². The van der Waals surface area contributed by atoms with Crippen LogP contribution in [0.3, 0.4) is 0 Å². The number of amides is 1. The van der Waals surface area contributed by atoms with Crippen LogP contribution >= 0.6 is 15.9 Å². The topological polar surface area (TPSA) is 52.9 Å². The number of hydrogen-bond acceptors (Lipinski definition) is 2. The molecule has 1 N–H and O–H groups in total. The van der Waals surface area contributed by atoms with Crippen molar-refractivity contribution in [2.45, 2.75) is 11.8 Å². The van der Waals surface area contributed by atoms with Gasteiger partial charge < -0.3 is 5.32 Å². The van der Waals surface area contributed by atoms with Gasteiger partial charge in [-0.2, -0.15) is 5.26 Å². The van der Waals surface area contributed by atoms with E-state index in [2.05, 4.69) is 21.2 Å². The zero-order chi connectivity index (χ0) is 14.5. The van der Waals surface area contributed by atoms with E-state index >= 15 is 0 Å². The maximum Gasteiger partial charge on any atom is 0.255 e. The van der Waals surface area contributed by atoms with Crippen LogP contribution in [0, 0.1) is 11.3 Å². The van der Waals surface area contributed by atoms with E-state index < -0.39 is 0 Å². The molecule has 20 heavy (non-hydrogen) atoms. The first-order valence-electron chi connectivity index (χ1n) is 6.16. The summed E-state index contributed by atoms with van der Waals surface area (Å²) in [6, 6.07) is 16.2. The lowest BCUT2D eigenvalue weighted by Gasteiger charge is -2.12. The number of nitrogens with zero attached hydrogens (tertiary/aromatic N) is 1. The van der Waals surface area contributed by atoms with Crippen molar-refractivity contribution in [2.24, 2.45) is 0 Å². The van der Waals surface area contributed by atoms with Crippen LogP contribution < -0.4 is 5.32 Å². The number of para-hydroxylation sites is 1. The van der Waals surface area contributed by atoms with Gasteiger partial charge in [-0.3, -0.25) is 4.79 Å². The van der Waals surface area contributed by atoms with Gasteiger partial charge in [0, 0.05) is 16.1 Å². The summed E-state index contributed by atoms with van der Waals surface area (Å²) in [7, 11) is 0. The van der Waals surface area contributed by atoms with Gasteiger partial charge in [-0.25, -0.2) is 0 Å². The number of carbonyl (C=O) groups is 1. The average molecular weight is 329 g/mol. The molecule has 1 amide bonds. The van der Waals surface area contributed by atoms with Crippen molar-refractivity contribution in [1.29, 1.82) is 5.26 Å². The molecule has 0 saturated heterocycles. The highest BCUT2D eigenvalue weighted by Gasteiger charge is 2.11. The predicted octanol–water partition coefficient (Wildman–Crippen LogP) is 4.27. The van der Waals surface area contributed by atoms with Crippen LogP contribution in [0.15, 0.2) is 48.5 Å². The Labute approximate surface area is 126 Å². The van der Waals surface area contributed by atoms with Crippen LogP contribution in [0.2, 0.25) is 0 Å². The Morgan fingerprint density at radius 2 is 1.85 bits per heavy atom. The second-order valence-corrected chi connectivity index (χ2v) is 5.72. The lowest BCUT2D eigenvalue weighted by atomic mass is 10.1. The molecule has 100 valence electrons. The molecule has 1 atom stereocenters. The number of alkyl halides is 1. The van der Waals surface area contributed by atoms with Gasteiger partial charge in [-0.05, 0) is 42.8 Å². The van der Waals surface area contributed by atoms with Crippen LogP contribution in [0.4, 0.5) is 5.69 Å². The fraction of sp³-hybridized carbons (Fsp3) is 0.125. The first-order valence-corrected chi connectivity index (χ1v) is 7.08. The molecule has 0 radical (unpaired) electrons. The van der Waals surface area contributed by atoms with Gasteiger partial charge in [0.25, 0.3) is 5.91 Å². The second kappa shape index (κ2) is 6.36. The standard InChI is InChI=1S/C16H13BrN2O/c1-11(17)14-4-2-3-5-15(14)19-16(20)13-8-6-12(10-18)7-9-13/h2-9,11H,1H3,(H,19,20). The van der Waals surface area contributed by atoms with Gasteiger partial charge in [0.15, 0.2) is 0 Å². The van der Waals surface area contributed by atoms with Crippen molar-refractivity contribution in [3.05, 3.63) is 65.2 Å². The van der Waals surface area contributed by atoms with Gasteiger partial charge in [-0.15, -0.1) is 0 Å². The predicted molar refractivity (Wildman–Crippen MR) is 82.9 cm³/mol. The maximum absolute atomic E-state index is 12.2. The minimum Gasteiger partial charge on any atom is -0.322 e. The number of rotatable bonds is 3. The molecule has 0 aromatic heterocycles. The Bertz CT molecular complexity index is 657. The van der Waals surface area contributed by atoms with Crippen LogP contribution in [0.1, 0.15) is 33.2 Å². The van der Waals surface area contributed by atoms with Crippen LogP contribution in [-0.4, -0.2) is 5.91 Å². The molecule has 0 bridgehead atoms. The first kappa shape index (κ1) is 14.3. The molecule has 0 aliphatic carbocycles. The summed E-state index contributed by atoms with van der Waals surface area (Å²) in [6.45, 7) is 2.01. The molecule has 4 heteroatoms. The highest BCUT2D eigenvalue weighted by molar-refractivity contribution is 9.09. The van der Waals surface area contributed by atoms with Crippen LogP contribution in [-0.2, 0) is 0 Å². The van der Waals surface area contributed by atoms with E-state index in [1.165, 1.54) is 0 Å². The number of carbonyl (C=O) groups excluding carboxylic acids is 1. The number of nitriles is 1. The molecule has 2 rings (SSSR count). The normalized spacial score (nSPS) is 11.4. The first-order chi connectivity index (χ1) is 9.61. The van der Waals surface area contributed by atoms with E-state index in [0.717, 1.165) is 11.3 Å². The summed E-state index contributed by atoms with van der Waals surface area (Å²) in [6.07, 6.45) is 0. The summed E-state index contributed by atoms with van der Waals surface area (Å²) >= 11 is 3.51. The number of anilines is 1. The number of benzene rings is 2. The van der Waals surface area contributed by atoms with Crippen molar-refractivity contribution in [2.75, 3.05) is 5.32 Å². The van der Waals surface area contributed by atoms with Crippen molar-refractivity contribution < 1.29 is 4.79 Å². The Morgan fingerprint density at radius 3 is 2.45 bits per heavy atom. The Morgan fingerprint density at radius 1 is 1.20 bits per heavy atom. The maximum atomic E-state index is 12.2. The SMILES string of the molecule is CC(Br)c1ccccc1NC(=O)c1ccc(C#N)cc1. The van der Waals surface area contributed by atoms with E-state index in [0.29, 0.717) is 11.1 Å². The Hall–Kier alpha value is -2.12. The van der Waals surface area contributed by atoms with E-state index in [-0.39, 0.29) is 10.7 Å². The summed E-state index contributed by atoms with van der Waals surface area (Å²) in [5.74, 6) is -0.185. The fourth-order valence-corrected chi connectivity index (χ4v) is 2.25. The molecule has 0 spiro atoms. The zero-order valence-corrected chi connectivity index (χ0v) is 12.5. The minimum absolute atomic E-state index is 0.153. The van der Waals surface area contributed by atoms with E-state index in [1.54, 1.807) is 24.3 Å². The molecule has 3 nitrogen and oxygen atoms in total. The van der Waals surface area contributed by atoms with Crippen molar-refractivity contribution >= 4 is 27.5 Å². The summed E-state index contributed by atoms with van der Waals surface area (Å²) in [4.78, 5) is 12.3. The molecule has 0 heterocycles. The molecule has 0 fully saturated rings. The van der Waals surface area contributed by atoms with E-state index in [1.807, 2.05) is 37.3 Å². The smallest absolute Gasteiger partial charge is 0.255 e. The fourth-order valence-electron chi connectivity index (χ4n) is 1.85. The van der Waals surface area contributed by atoms with E-state index in [9.17, 15) is 4.79 Å². The molecule has 0 saturated carbocycles. The van der Waals surface area contributed by atoms with Crippen molar-refractivity contribution in [1.82, 2.24) is 0 Å². The monoisotopic (exact) mass is 328 g/mol. The van der Waals surface area contributed by atoms with Gasteiger partial charge in [0.2, 0.25) is 0 Å². The molecular formula is C16H13BrN2O. The lowest BCUT2D eigenvalue weighted by molar-refractivity contribution is 0.102. The summed E-state index contributed by atoms with van der Waals surface area (Å²) in [5.41, 5.74) is 2.87. The van der Waals surface area contributed by atoms with Gasteiger partial charge in [0.1, 0.15) is 0 Å². The third-order valence-corrected chi connectivity index (χ3v) is 3.41. The molecule has 2 aromatic carbocycles. The number of halogens is 1. The molecule has 1 unspecified atom stereocenters. The minimum atomic E-state index is -0.185. The van der Waals surface area contributed by atoms with Crippen LogP contribution in [0.5, 0.6) is 0 Å². The quantitative estimate of drug-likeness (QED) is 0.855. The second-order valence-electron chi connectivity index (χ2n) is 4.35. The Balaban J connectivity index is 2.21. The van der Waals surface area contributed by atoms with Gasteiger partial charge in [0.05, 0.1) is 11.6 Å². The highest BCUT2D eigenvalue weighted by atomic mass is 79.9. The highest BCUT2D eigenvalue weighted by Crippen LogP contribution is 2.28. The van der Waals surface area contributed by atoms with Crippen LogP contribution in [0.25, 0.3) is 0 Å². The molecular weight excluding hydrogens is 316 g/mol. The third kappa shape index (κ3) is 3.25. The molecule has 0 aliphatic rings. The average Bonchev–Trinajstić information content (AvgIpc) is 2.47. The van der Waals surface area contributed by atoms with E-state index in [4.69, 9.17) is 5.26 Å². The number of nitrogens with one attached hydrogen (secondary N) is 1. The molecule has 2 aromatic rings. The van der Waals surface area contributed by atoms with Gasteiger partial charge >= 0.3 is 0 Å². The van der Waals surface area contributed by atoms with Crippen molar-refractivity contribution in [3.8, 4) is 6.07 Å². The number of hydrogen-bond donors (Lipinski definition) is 1. The lowest BCUT2D eigenvalue weighted by Crippen LogP contribution is -2.13. The zero-order valence-electron chi connectivity index (χ0n) is 10.9. The summed E-state index contributed by atoms with van der Waals surface area (Å²) < 4.78 is 0. The van der Waals surface area contributed by atoms with Crippen molar-refractivity contribution in [3.63, 3.8) is 0 Å².